The van der Waals surface area contributed by atoms with Gasteiger partial charge in [-0.2, -0.15) is 0 Å². The molecule has 51 valence electrons. The molecule has 1 saturated heterocycles. The molecule has 1 atom stereocenters. The Morgan fingerprint density at radius 3 is 2.50 bits per heavy atom. The molecule has 4 nitrogen and oxygen atoms in total. The van der Waals surface area contributed by atoms with E-state index in [0.717, 1.165) is 0 Å². The number of carbonyl (C=O) groups is 2. The Hall–Kier alpha value is 0.992. The normalized spacial score (nSPS) is 23.2. The van der Waals surface area contributed by atoms with Crippen LogP contribution in [0.25, 0.3) is 0 Å². The van der Waals surface area contributed by atoms with Crippen molar-refractivity contribution >= 4 is 80.8 Å². The van der Waals surface area contributed by atoms with Crippen molar-refractivity contribution < 1.29 is 14.7 Å². The molecule has 1 fully saturated rings. The Morgan fingerprint density at radius 2 is 2.30 bits per heavy atom. The molecule has 0 bridgehead atoms. The SMILES string of the molecule is O=C1CC[C@@H](C(=O)O)N1.[Cs]. The van der Waals surface area contributed by atoms with Gasteiger partial charge in [0.25, 0.3) is 0 Å². The predicted molar refractivity (Wildman–Crippen MR) is 34.6 cm³/mol. The molecule has 10 heavy (non-hydrogen) atoms. The molecular weight excluding hydrogens is 255 g/mol. The topological polar surface area (TPSA) is 66.4 Å². The first-order valence-electron chi connectivity index (χ1n) is 2.72. The van der Waals surface area contributed by atoms with Gasteiger partial charge in [-0.15, -0.1) is 0 Å². The van der Waals surface area contributed by atoms with E-state index in [9.17, 15) is 9.59 Å². The molecule has 1 rings (SSSR count). The van der Waals surface area contributed by atoms with Crippen LogP contribution in [-0.2, 0) is 9.59 Å². The van der Waals surface area contributed by atoms with Gasteiger partial charge in [0.1, 0.15) is 6.04 Å². The zero-order chi connectivity index (χ0) is 6.85. The van der Waals surface area contributed by atoms with Gasteiger partial charge in [-0.25, -0.2) is 4.79 Å². The van der Waals surface area contributed by atoms with Crippen LogP contribution in [0.15, 0.2) is 0 Å². The summed E-state index contributed by atoms with van der Waals surface area (Å²) in [5.74, 6) is -1.11. The molecule has 1 heterocycles. The third-order valence-electron chi connectivity index (χ3n) is 1.29. The van der Waals surface area contributed by atoms with E-state index in [1.165, 1.54) is 0 Å². The fraction of sp³-hybridized carbons (Fsp3) is 0.600. The van der Waals surface area contributed by atoms with Crippen LogP contribution in [0.5, 0.6) is 0 Å². The van der Waals surface area contributed by atoms with Gasteiger partial charge in [0.2, 0.25) is 5.91 Å². The van der Waals surface area contributed by atoms with Crippen molar-refractivity contribution in [2.75, 3.05) is 0 Å². The van der Waals surface area contributed by atoms with Gasteiger partial charge >= 0.3 is 5.97 Å². The summed E-state index contributed by atoms with van der Waals surface area (Å²) in [6.45, 7) is 0. The number of nitrogens with one attached hydrogen (secondary N) is 1. The maximum Gasteiger partial charge on any atom is 0.326 e. The first-order chi connectivity index (χ1) is 4.20. The number of rotatable bonds is 1. The van der Waals surface area contributed by atoms with Crippen LogP contribution in [0.3, 0.4) is 0 Å². The summed E-state index contributed by atoms with van der Waals surface area (Å²) in [4.78, 5) is 20.5. The van der Waals surface area contributed by atoms with Crippen LogP contribution in [-0.4, -0.2) is 91.9 Å². The van der Waals surface area contributed by atoms with E-state index in [2.05, 4.69) is 5.32 Å². The molecule has 2 N–H and O–H groups in total. The van der Waals surface area contributed by atoms with Crippen LogP contribution in [0.2, 0.25) is 0 Å². The van der Waals surface area contributed by atoms with E-state index in [0.29, 0.717) is 12.8 Å². The van der Waals surface area contributed by atoms with Crippen molar-refractivity contribution in [2.45, 2.75) is 18.9 Å². The molecule has 1 aliphatic heterocycles. The largest absolute Gasteiger partial charge is 0.480 e. The molecular formula is C5H7CsNO3. The average molecular weight is 262 g/mol. The number of carboxylic acids is 1. The van der Waals surface area contributed by atoms with Crippen LogP contribution in [0, 0.1) is 0 Å². The Morgan fingerprint density at radius 1 is 1.70 bits per heavy atom. The monoisotopic (exact) mass is 262 g/mol. The predicted octanol–water partition coefficient (Wildman–Crippen LogP) is -1.03. The first-order valence-corrected chi connectivity index (χ1v) is 2.72. The second-order valence-corrected chi connectivity index (χ2v) is 2.00. The quantitative estimate of drug-likeness (QED) is 0.635. The van der Waals surface area contributed by atoms with Gasteiger partial charge in [-0.05, 0) is 6.42 Å². The van der Waals surface area contributed by atoms with E-state index in [-0.39, 0.29) is 74.8 Å². The summed E-state index contributed by atoms with van der Waals surface area (Å²) < 4.78 is 0. The van der Waals surface area contributed by atoms with Crippen molar-refractivity contribution in [1.82, 2.24) is 5.32 Å². The van der Waals surface area contributed by atoms with E-state index < -0.39 is 12.0 Å². The van der Waals surface area contributed by atoms with Gasteiger partial charge in [0, 0.05) is 75.3 Å². The molecule has 5 heteroatoms. The molecule has 0 aromatic rings. The van der Waals surface area contributed by atoms with Crippen molar-refractivity contribution in [2.24, 2.45) is 0 Å². The van der Waals surface area contributed by atoms with E-state index in [4.69, 9.17) is 5.11 Å². The Kier molecular flexibility index (Phi) is 5.26. The summed E-state index contributed by atoms with van der Waals surface area (Å²) in [5, 5.41) is 10.6. The number of carboxylic acid groups (broad SMARTS) is 1. The van der Waals surface area contributed by atoms with Gasteiger partial charge in [-0.3, -0.25) is 4.79 Å². The molecule has 0 aromatic carbocycles. The minimum Gasteiger partial charge on any atom is -0.480 e. The Labute approximate surface area is 117 Å². The number of amides is 1. The number of aliphatic carboxylic acids is 1. The van der Waals surface area contributed by atoms with E-state index in [1.807, 2.05) is 0 Å². The maximum absolute atomic E-state index is 10.4. The van der Waals surface area contributed by atoms with Crippen molar-refractivity contribution in [3.05, 3.63) is 0 Å². The van der Waals surface area contributed by atoms with Crippen molar-refractivity contribution in [3.63, 3.8) is 0 Å². The smallest absolute Gasteiger partial charge is 0.326 e. The minimum atomic E-state index is -0.944. The van der Waals surface area contributed by atoms with Gasteiger partial charge < -0.3 is 10.4 Å². The number of carbonyl (C=O) groups excluding carboxylic acids is 1. The molecule has 1 aliphatic rings. The standard InChI is InChI=1S/C5H7NO3.Cs/c7-4-2-1-3(6-4)5(8)9;/h3H,1-2H2,(H,6,7)(H,8,9);/t3-;/m0./s1. The zero-order valence-electron chi connectivity index (χ0n) is 5.76. The van der Waals surface area contributed by atoms with Gasteiger partial charge in [0.05, 0.1) is 0 Å². The molecule has 0 unspecified atom stereocenters. The zero-order valence-corrected chi connectivity index (χ0v) is 12.0. The second kappa shape index (κ2) is 4.79. The van der Waals surface area contributed by atoms with E-state index >= 15 is 0 Å². The number of hydrogen-bond acceptors (Lipinski definition) is 2. The van der Waals surface area contributed by atoms with Crippen molar-refractivity contribution in [1.29, 1.82) is 0 Å². The van der Waals surface area contributed by atoms with Crippen LogP contribution < -0.4 is 5.32 Å². The Bertz CT molecular complexity index is 159. The van der Waals surface area contributed by atoms with Crippen LogP contribution >= 0.6 is 0 Å². The molecule has 0 aliphatic carbocycles. The first kappa shape index (κ1) is 11.0. The third kappa shape index (κ3) is 2.93. The summed E-state index contributed by atoms with van der Waals surface area (Å²) in [6.07, 6.45) is 0.769. The molecule has 0 spiro atoms. The van der Waals surface area contributed by atoms with E-state index in [1.54, 1.807) is 0 Å². The Balaban J connectivity index is 0.000000810. The van der Waals surface area contributed by atoms with Crippen LogP contribution in [0.4, 0.5) is 0 Å². The second-order valence-electron chi connectivity index (χ2n) is 2.00. The molecule has 1 amide bonds. The molecule has 0 aromatic heterocycles. The molecule has 0 saturated carbocycles. The average Bonchev–Trinajstić information content (AvgIpc) is 2.14. The summed E-state index contributed by atoms with van der Waals surface area (Å²) in [5.41, 5.74) is 0. The summed E-state index contributed by atoms with van der Waals surface area (Å²) >= 11 is 0. The summed E-state index contributed by atoms with van der Waals surface area (Å²) in [6, 6.07) is -0.641. The molecule has 1 radical (unpaired) electrons. The van der Waals surface area contributed by atoms with Gasteiger partial charge in [-0.1, -0.05) is 0 Å². The maximum atomic E-state index is 10.4. The summed E-state index contributed by atoms with van der Waals surface area (Å²) in [7, 11) is 0. The fourth-order valence-corrected chi connectivity index (χ4v) is 0.799. The fourth-order valence-electron chi connectivity index (χ4n) is 0.799. The van der Waals surface area contributed by atoms with Crippen LogP contribution in [0.1, 0.15) is 12.8 Å². The third-order valence-corrected chi connectivity index (χ3v) is 1.29. The van der Waals surface area contributed by atoms with Crippen molar-refractivity contribution in [3.8, 4) is 0 Å². The number of hydrogen-bond donors (Lipinski definition) is 2. The van der Waals surface area contributed by atoms with Gasteiger partial charge in [0.15, 0.2) is 0 Å². The minimum absolute atomic E-state index is 0.